The maximum atomic E-state index is 0. The Balaban J connectivity index is 0. The molecule has 104 valence electrons. The molecule has 0 rings (SSSR count). The van der Waals surface area contributed by atoms with Gasteiger partial charge >= 0.3 is 0 Å². The van der Waals surface area contributed by atoms with Crippen LogP contribution in [0.2, 0.25) is 0 Å². The summed E-state index contributed by atoms with van der Waals surface area (Å²) in [6.07, 6.45) is 0. The van der Waals surface area contributed by atoms with E-state index in [9.17, 15) is 0 Å². The molecular weight excluding hydrogens is 206 g/mol. The second-order valence-electron chi connectivity index (χ2n) is 0. The van der Waals surface area contributed by atoms with Crippen molar-refractivity contribution >= 4 is 0 Å². The van der Waals surface area contributed by atoms with Gasteiger partial charge in [0.15, 0.2) is 0 Å². The number of hydrogen-bond acceptors (Lipinski definition) is 1. The summed E-state index contributed by atoms with van der Waals surface area (Å²) in [7, 11) is 0. The summed E-state index contributed by atoms with van der Waals surface area (Å²) in [5, 5.41) is 0. The summed E-state index contributed by atoms with van der Waals surface area (Å²) in [6.45, 7) is 0. The van der Waals surface area contributed by atoms with Crippen LogP contribution in [-0.4, -0.2) is 65.7 Å². The van der Waals surface area contributed by atoms with E-state index in [-0.39, 0.29) is 71.9 Å². The van der Waals surface area contributed by atoms with Crippen LogP contribution in [0.3, 0.4) is 0 Å². The van der Waals surface area contributed by atoms with Crippen LogP contribution in [0.4, 0.5) is 0 Å². The summed E-state index contributed by atoms with van der Waals surface area (Å²) >= 11 is 0. The molecule has 0 aliphatic rings. The van der Waals surface area contributed by atoms with Crippen molar-refractivity contribution < 1.29 is 65.7 Å². The third-order valence-electron chi connectivity index (χ3n) is 0. The molecule has 0 aromatic rings. The summed E-state index contributed by atoms with van der Waals surface area (Å²) in [5.41, 5.74) is 0. The SMILES string of the molecule is N.O.O.O.O.O.O.O.O.O.O.O.O. The van der Waals surface area contributed by atoms with Gasteiger partial charge in [0, 0.05) is 0 Å². The van der Waals surface area contributed by atoms with Gasteiger partial charge < -0.3 is 71.9 Å². The van der Waals surface area contributed by atoms with Crippen LogP contribution < -0.4 is 6.15 Å². The first-order chi connectivity index (χ1) is 0. The minimum Gasteiger partial charge on any atom is -0.412 e. The fraction of sp³-hybridized carbons (Fsp3) is 0. The third kappa shape index (κ3) is 3820. The van der Waals surface area contributed by atoms with Crippen LogP contribution in [-0.2, 0) is 0 Å². The molecule has 0 saturated carbocycles. The molecule has 0 aromatic heterocycles. The predicted molar refractivity (Wildman–Crippen MR) is 48.4 cm³/mol. The fourth-order valence-corrected chi connectivity index (χ4v) is 0. The molecular formula is H27NO12. The van der Waals surface area contributed by atoms with Crippen LogP contribution in [0.25, 0.3) is 0 Å². The van der Waals surface area contributed by atoms with E-state index in [2.05, 4.69) is 0 Å². The van der Waals surface area contributed by atoms with Crippen molar-refractivity contribution in [1.82, 2.24) is 6.15 Å². The smallest absolute Gasteiger partial charge is 0.344 e. The first kappa shape index (κ1) is 6080. The molecule has 0 saturated heterocycles. The standard InChI is InChI=1S/H3N.12H2O/h1H3;12*1H2. The molecule has 0 aliphatic heterocycles. The molecule has 0 heterocycles. The molecule has 0 spiro atoms. The van der Waals surface area contributed by atoms with Crippen molar-refractivity contribution in [2.45, 2.75) is 0 Å². The summed E-state index contributed by atoms with van der Waals surface area (Å²) in [4.78, 5) is 0. The van der Waals surface area contributed by atoms with Gasteiger partial charge in [-0.2, -0.15) is 0 Å². The Kier molecular flexibility index (Phi) is 2180000. The lowest BCUT2D eigenvalue weighted by Crippen LogP contribution is -0.481. The van der Waals surface area contributed by atoms with E-state index in [1.54, 1.807) is 0 Å². The monoisotopic (exact) mass is 233 g/mol. The highest BCUT2D eigenvalue weighted by atomic mass is 16.0. The molecule has 0 aromatic carbocycles. The largest absolute Gasteiger partial charge is 0.412 e. The first-order valence-electron chi connectivity index (χ1n) is 0. The quantitative estimate of drug-likeness (QED) is 0.417. The van der Waals surface area contributed by atoms with Gasteiger partial charge in [0.25, 0.3) is 0 Å². The highest BCUT2D eigenvalue weighted by Crippen LogP contribution is -0.278. The lowest BCUT2D eigenvalue weighted by Gasteiger charge is -0.413. The lowest BCUT2D eigenvalue weighted by molar-refractivity contribution is 0.823. The molecule has 13 heteroatoms. The second-order valence-corrected chi connectivity index (χ2v) is 0. The van der Waals surface area contributed by atoms with Crippen molar-refractivity contribution in [3.8, 4) is 0 Å². The third-order valence-corrected chi connectivity index (χ3v) is 0. The number of hydrogen-bond donors (Lipinski definition) is 1. The average Bonchev–Trinajstić information content (AvgIpc) is 0. The Morgan fingerprint density at radius 2 is 0.154 bits per heavy atom. The van der Waals surface area contributed by atoms with Crippen molar-refractivity contribution in [3.05, 3.63) is 0 Å². The average molecular weight is 233 g/mol. The summed E-state index contributed by atoms with van der Waals surface area (Å²) in [6, 6.07) is 0. The van der Waals surface area contributed by atoms with Crippen LogP contribution >= 0.6 is 0 Å². The second kappa shape index (κ2) is 4660. The van der Waals surface area contributed by atoms with E-state index >= 15 is 0 Å². The lowest BCUT2D eigenvalue weighted by atomic mass is 14.0. The van der Waals surface area contributed by atoms with E-state index in [4.69, 9.17) is 0 Å². The molecule has 0 bridgehead atoms. The highest BCUT2D eigenvalue weighted by molar-refractivity contribution is 2.13. The zero-order valence-corrected chi connectivity index (χ0v) is 6.71. The Morgan fingerprint density at radius 3 is 0.154 bits per heavy atom. The Labute approximate surface area is 73.3 Å². The Morgan fingerprint density at radius 1 is 0.154 bits per heavy atom. The van der Waals surface area contributed by atoms with E-state index in [0.717, 1.165) is 0 Å². The van der Waals surface area contributed by atoms with Gasteiger partial charge in [-0.15, -0.1) is 0 Å². The van der Waals surface area contributed by atoms with E-state index in [1.807, 2.05) is 0 Å². The Bertz CT molecular complexity index is 5.09. The van der Waals surface area contributed by atoms with Gasteiger partial charge in [0.2, 0.25) is 0 Å². The van der Waals surface area contributed by atoms with Crippen LogP contribution in [0.15, 0.2) is 0 Å². The first-order valence-corrected chi connectivity index (χ1v) is 0. The molecule has 13 heavy (non-hydrogen) atoms. The van der Waals surface area contributed by atoms with Crippen molar-refractivity contribution in [3.63, 3.8) is 0 Å². The topological polar surface area (TPSA) is 413 Å². The predicted octanol–water partition coefficient (Wildman–Crippen LogP) is -9.73. The maximum absolute atomic E-state index is 0. The van der Waals surface area contributed by atoms with Gasteiger partial charge in [-0.3, -0.25) is 0 Å². The van der Waals surface area contributed by atoms with Crippen LogP contribution in [0, 0.1) is 0 Å². The van der Waals surface area contributed by atoms with Gasteiger partial charge in [-0.1, -0.05) is 0 Å². The molecule has 0 fully saturated rings. The van der Waals surface area contributed by atoms with E-state index in [1.165, 1.54) is 0 Å². The van der Waals surface area contributed by atoms with Crippen molar-refractivity contribution in [1.29, 1.82) is 0 Å². The van der Waals surface area contributed by atoms with E-state index < -0.39 is 0 Å². The summed E-state index contributed by atoms with van der Waals surface area (Å²) in [5.74, 6) is 0. The minimum absolute atomic E-state index is 0. The zero-order valence-electron chi connectivity index (χ0n) is 6.71. The van der Waals surface area contributed by atoms with Crippen LogP contribution in [0.5, 0.6) is 0 Å². The molecule has 0 unspecified atom stereocenters. The van der Waals surface area contributed by atoms with Crippen LogP contribution in [0.1, 0.15) is 0 Å². The number of rotatable bonds is 0. The molecule has 13 nitrogen and oxygen atoms in total. The summed E-state index contributed by atoms with van der Waals surface area (Å²) < 4.78 is 0. The molecule has 0 amide bonds. The molecule has 0 radical (unpaired) electrons. The maximum Gasteiger partial charge on any atom is -0.344 e. The molecule has 27 N–H and O–H groups in total. The molecule has 0 aliphatic carbocycles. The van der Waals surface area contributed by atoms with Gasteiger partial charge in [-0.25, -0.2) is 0 Å². The van der Waals surface area contributed by atoms with Gasteiger partial charge in [0.05, 0.1) is 0 Å². The van der Waals surface area contributed by atoms with Crippen molar-refractivity contribution in [2.24, 2.45) is 0 Å². The van der Waals surface area contributed by atoms with Gasteiger partial charge in [-0.05, 0) is 0 Å². The minimum atomic E-state index is 0. The molecule has 0 atom stereocenters. The fourth-order valence-electron chi connectivity index (χ4n) is 0. The van der Waals surface area contributed by atoms with E-state index in [0.29, 0.717) is 0 Å². The highest BCUT2D eigenvalue weighted by Gasteiger charge is -0.344. The normalized spacial score (nSPS) is 0. The van der Waals surface area contributed by atoms with Crippen molar-refractivity contribution in [2.75, 3.05) is 0 Å². The zero-order chi connectivity index (χ0) is 0. The Hall–Kier alpha value is -0.520. The van der Waals surface area contributed by atoms with Gasteiger partial charge in [0.1, 0.15) is 0 Å².